The second kappa shape index (κ2) is 6.36. The minimum absolute atomic E-state index is 0.184. The summed E-state index contributed by atoms with van der Waals surface area (Å²) in [6.07, 6.45) is 3.21. The van der Waals surface area contributed by atoms with E-state index in [2.05, 4.69) is 9.97 Å². The van der Waals surface area contributed by atoms with Gasteiger partial charge >= 0.3 is 5.97 Å². The zero-order valence-corrected chi connectivity index (χ0v) is 11.3. The van der Waals surface area contributed by atoms with Gasteiger partial charge in [-0.1, -0.05) is 0 Å². The van der Waals surface area contributed by atoms with Gasteiger partial charge in [-0.05, 0) is 26.7 Å². The molecule has 1 atom stereocenters. The molecule has 1 aromatic rings. The van der Waals surface area contributed by atoms with Gasteiger partial charge in [0, 0.05) is 12.6 Å². The van der Waals surface area contributed by atoms with Gasteiger partial charge in [0.15, 0.2) is 0 Å². The fourth-order valence-corrected chi connectivity index (χ4v) is 2.24. The topological polar surface area (TPSA) is 64.5 Å². The van der Waals surface area contributed by atoms with E-state index in [1.165, 1.54) is 6.33 Å². The normalized spacial score (nSPS) is 18.4. The number of hydrogen-bond acceptors (Lipinski definition) is 6. The summed E-state index contributed by atoms with van der Waals surface area (Å²) in [6, 6.07) is 1.52. The Morgan fingerprint density at radius 1 is 1.42 bits per heavy atom. The average Bonchev–Trinajstić information content (AvgIpc) is 2.89. The van der Waals surface area contributed by atoms with Gasteiger partial charge in [0.2, 0.25) is 5.88 Å². The molecule has 0 N–H and O–H groups in total. The number of aromatic nitrogens is 2. The minimum Gasteiger partial charge on any atom is -0.478 e. The molecule has 1 saturated heterocycles. The predicted molar refractivity (Wildman–Crippen MR) is 70.2 cm³/mol. The summed E-state index contributed by atoms with van der Waals surface area (Å²) < 4.78 is 10.5. The van der Waals surface area contributed by atoms with Gasteiger partial charge in [0.05, 0.1) is 13.2 Å². The second-order valence-corrected chi connectivity index (χ2v) is 4.25. The van der Waals surface area contributed by atoms with Crippen LogP contribution in [0.25, 0.3) is 0 Å². The summed E-state index contributed by atoms with van der Waals surface area (Å²) >= 11 is 0. The van der Waals surface area contributed by atoms with Crippen LogP contribution in [0.2, 0.25) is 0 Å². The van der Waals surface area contributed by atoms with Crippen LogP contribution in [0.3, 0.4) is 0 Å². The van der Waals surface area contributed by atoms with E-state index >= 15 is 0 Å². The van der Waals surface area contributed by atoms with Gasteiger partial charge in [-0.3, -0.25) is 0 Å². The van der Waals surface area contributed by atoms with E-state index in [0.29, 0.717) is 24.9 Å². The van der Waals surface area contributed by atoms with Crippen LogP contribution in [0, 0.1) is 0 Å². The molecule has 0 amide bonds. The summed E-state index contributed by atoms with van der Waals surface area (Å²) in [5.41, 5.74) is 0. The molecular weight excluding hydrogens is 246 g/mol. The average molecular weight is 265 g/mol. The highest BCUT2D eigenvalue weighted by Gasteiger charge is 2.32. The van der Waals surface area contributed by atoms with Crippen LogP contribution in [0.1, 0.15) is 26.7 Å². The smallest absolute Gasteiger partial charge is 0.328 e. The van der Waals surface area contributed by atoms with Crippen molar-refractivity contribution in [2.45, 2.75) is 32.7 Å². The first-order valence-corrected chi connectivity index (χ1v) is 6.64. The number of nitrogens with zero attached hydrogens (tertiary/aromatic N) is 3. The van der Waals surface area contributed by atoms with Crippen LogP contribution in [0.15, 0.2) is 12.4 Å². The fourth-order valence-electron chi connectivity index (χ4n) is 2.24. The molecule has 2 rings (SSSR count). The molecule has 2 heterocycles. The molecule has 0 radical (unpaired) electrons. The SMILES string of the molecule is CCOC(=O)C1CCCN1c1cc(OCC)ncn1. The van der Waals surface area contributed by atoms with Crippen molar-refractivity contribution in [3.05, 3.63) is 12.4 Å². The Balaban J connectivity index is 2.15. The summed E-state index contributed by atoms with van der Waals surface area (Å²) in [5, 5.41) is 0. The Hall–Kier alpha value is -1.85. The molecule has 104 valence electrons. The summed E-state index contributed by atoms with van der Waals surface area (Å²) in [4.78, 5) is 22.1. The lowest BCUT2D eigenvalue weighted by Crippen LogP contribution is -2.37. The highest BCUT2D eigenvalue weighted by atomic mass is 16.5. The third-order valence-electron chi connectivity index (χ3n) is 3.03. The molecule has 6 nitrogen and oxygen atoms in total. The van der Waals surface area contributed by atoms with Crippen LogP contribution >= 0.6 is 0 Å². The summed E-state index contributed by atoms with van der Waals surface area (Å²) in [7, 11) is 0. The molecule has 1 fully saturated rings. The van der Waals surface area contributed by atoms with E-state index in [1.54, 1.807) is 6.07 Å². The Labute approximate surface area is 112 Å². The van der Waals surface area contributed by atoms with Gasteiger partial charge in [-0.15, -0.1) is 0 Å². The van der Waals surface area contributed by atoms with Crippen molar-refractivity contribution in [1.82, 2.24) is 9.97 Å². The maximum Gasteiger partial charge on any atom is 0.328 e. The van der Waals surface area contributed by atoms with Gasteiger partial charge in [-0.2, -0.15) is 0 Å². The number of esters is 1. The quantitative estimate of drug-likeness (QED) is 0.750. The van der Waals surface area contributed by atoms with Gasteiger partial charge in [0.1, 0.15) is 18.2 Å². The Bertz CT molecular complexity index is 439. The lowest BCUT2D eigenvalue weighted by molar-refractivity contribution is -0.144. The standard InChI is InChI=1S/C13H19N3O3/c1-3-18-12-8-11(14-9-15-12)16-7-5-6-10(16)13(17)19-4-2/h8-10H,3-7H2,1-2H3. The number of carbonyl (C=O) groups excluding carboxylic acids is 1. The molecule has 1 aliphatic rings. The van der Waals surface area contributed by atoms with E-state index in [9.17, 15) is 4.79 Å². The Morgan fingerprint density at radius 3 is 3.00 bits per heavy atom. The van der Waals surface area contributed by atoms with Crippen molar-refractivity contribution >= 4 is 11.8 Å². The molecule has 0 spiro atoms. The summed E-state index contributed by atoms with van der Waals surface area (Å²) in [6.45, 7) is 5.47. The number of rotatable bonds is 5. The zero-order chi connectivity index (χ0) is 13.7. The summed E-state index contributed by atoms with van der Waals surface area (Å²) in [5.74, 6) is 1.06. The maximum atomic E-state index is 11.9. The lowest BCUT2D eigenvalue weighted by Gasteiger charge is -2.24. The van der Waals surface area contributed by atoms with Crippen molar-refractivity contribution in [2.24, 2.45) is 0 Å². The molecule has 6 heteroatoms. The molecular formula is C13H19N3O3. The van der Waals surface area contributed by atoms with Crippen molar-refractivity contribution in [1.29, 1.82) is 0 Å². The molecule has 0 saturated carbocycles. The number of anilines is 1. The first-order chi connectivity index (χ1) is 9.26. The van der Waals surface area contributed by atoms with Crippen LogP contribution < -0.4 is 9.64 Å². The van der Waals surface area contributed by atoms with E-state index in [4.69, 9.17) is 9.47 Å². The van der Waals surface area contributed by atoms with Crippen LogP contribution in [0.4, 0.5) is 5.82 Å². The third-order valence-corrected chi connectivity index (χ3v) is 3.03. The van der Waals surface area contributed by atoms with Crippen molar-refractivity contribution in [3.8, 4) is 5.88 Å². The first-order valence-electron chi connectivity index (χ1n) is 6.64. The Kier molecular flexibility index (Phi) is 4.54. The number of ether oxygens (including phenoxy) is 2. The first kappa shape index (κ1) is 13.6. The van der Waals surface area contributed by atoms with Crippen LogP contribution in [-0.2, 0) is 9.53 Å². The van der Waals surface area contributed by atoms with E-state index in [0.717, 1.165) is 19.4 Å². The molecule has 0 bridgehead atoms. The Morgan fingerprint density at radius 2 is 2.26 bits per heavy atom. The molecule has 1 aliphatic heterocycles. The molecule has 1 unspecified atom stereocenters. The molecule has 19 heavy (non-hydrogen) atoms. The van der Waals surface area contributed by atoms with Crippen molar-refractivity contribution < 1.29 is 14.3 Å². The largest absolute Gasteiger partial charge is 0.478 e. The van der Waals surface area contributed by atoms with E-state index < -0.39 is 0 Å². The van der Waals surface area contributed by atoms with Gasteiger partial charge in [0.25, 0.3) is 0 Å². The van der Waals surface area contributed by atoms with Crippen molar-refractivity contribution in [2.75, 3.05) is 24.7 Å². The van der Waals surface area contributed by atoms with Gasteiger partial charge < -0.3 is 14.4 Å². The maximum absolute atomic E-state index is 11.9. The zero-order valence-electron chi connectivity index (χ0n) is 11.3. The number of hydrogen-bond donors (Lipinski definition) is 0. The van der Waals surface area contributed by atoms with E-state index in [-0.39, 0.29) is 12.0 Å². The lowest BCUT2D eigenvalue weighted by atomic mass is 10.2. The van der Waals surface area contributed by atoms with Crippen LogP contribution in [0.5, 0.6) is 5.88 Å². The monoisotopic (exact) mass is 265 g/mol. The van der Waals surface area contributed by atoms with Gasteiger partial charge in [-0.25, -0.2) is 14.8 Å². The third kappa shape index (κ3) is 3.13. The molecule has 1 aromatic heterocycles. The molecule has 0 aromatic carbocycles. The van der Waals surface area contributed by atoms with E-state index in [1.807, 2.05) is 18.7 Å². The highest BCUT2D eigenvalue weighted by Crippen LogP contribution is 2.26. The second-order valence-electron chi connectivity index (χ2n) is 4.25. The predicted octanol–water partition coefficient (Wildman–Crippen LogP) is 1.41. The van der Waals surface area contributed by atoms with Crippen LogP contribution in [-0.4, -0.2) is 41.7 Å². The molecule has 0 aliphatic carbocycles. The number of carbonyl (C=O) groups is 1. The fraction of sp³-hybridized carbons (Fsp3) is 0.615. The highest BCUT2D eigenvalue weighted by molar-refractivity contribution is 5.80. The minimum atomic E-state index is -0.246. The van der Waals surface area contributed by atoms with Crippen molar-refractivity contribution in [3.63, 3.8) is 0 Å².